The molecule has 0 bridgehead atoms. The summed E-state index contributed by atoms with van der Waals surface area (Å²) >= 11 is 8.64. The average Bonchev–Trinajstić information content (AvgIpc) is 2.37. The SMILES string of the molecule is CCS(=O)(=O)C(Cl)(Br)C(O)c1cccc([N+](=O)[O-])c1. The summed E-state index contributed by atoms with van der Waals surface area (Å²) in [5.74, 6) is -0.284. The normalized spacial score (nSPS) is 16.6. The van der Waals surface area contributed by atoms with Gasteiger partial charge in [0.2, 0.25) is 3.12 Å². The fourth-order valence-corrected chi connectivity index (χ4v) is 3.63. The van der Waals surface area contributed by atoms with Crippen molar-refractivity contribution in [1.29, 1.82) is 0 Å². The van der Waals surface area contributed by atoms with Crippen LogP contribution < -0.4 is 0 Å². The molecular formula is C10H11BrClNO5S. The molecule has 9 heteroatoms. The summed E-state index contributed by atoms with van der Waals surface area (Å²) in [6.45, 7) is 1.38. The van der Waals surface area contributed by atoms with Gasteiger partial charge in [-0.05, 0) is 21.5 Å². The van der Waals surface area contributed by atoms with Crippen molar-refractivity contribution >= 4 is 43.1 Å². The summed E-state index contributed by atoms with van der Waals surface area (Å²) in [7, 11) is -3.82. The minimum absolute atomic E-state index is 0.0399. The third kappa shape index (κ3) is 3.25. The van der Waals surface area contributed by atoms with Crippen molar-refractivity contribution in [1.82, 2.24) is 0 Å². The van der Waals surface area contributed by atoms with Gasteiger partial charge in [0.25, 0.3) is 5.69 Å². The van der Waals surface area contributed by atoms with Crippen molar-refractivity contribution in [3.05, 3.63) is 39.9 Å². The smallest absolute Gasteiger partial charge is 0.269 e. The van der Waals surface area contributed by atoms with Gasteiger partial charge in [-0.2, -0.15) is 0 Å². The van der Waals surface area contributed by atoms with E-state index in [1.54, 1.807) is 0 Å². The Hall–Kier alpha value is -0.700. The molecule has 0 spiro atoms. The molecule has 0 heterocycles. The number of nitrogens with zero attached hydrogens (tertiary/aromatic N) is 1. The lowest BCUT2D eigenvalue weighted by molar-refractivity contribution is -0.385. The van der Waals surface area contributed by atoms with Crippen LogP contribution in [-0.4, -0.2) is 27.3 Å². The topological polar surface area (TPSA) is 97.5 Å². The number of hydrogen-bond donors (Lipinski definition) is 1. The van der Waals surface area contributed by atoms with Crippen molar-refractivity contribution in [2.75, 3.05) is 5.75 Å². The molecule has 0 saturated carbocycles. The van der Waals surface area contributed by atoms with Crippen LogP contribution in [0.1, 0.15) is 18.6 Å². The van der Waals surface area contributed by atoms with Gasteiger partial charge < -0.3 is 5.11 Å². The first-order chi connectivity index (χ1) is 8.63. The third-order valence-electron chi connectivity index (χ3n) is 2.51. The van der Waals surface area contributed by atoms with Crippen LogP contribution in [0.5, 0.6) is 0 Å². The van der Waals surface area contributed by atoms with Crippen LogP contribution in [0.15, 0.2) is 24.3 Å². The van der Waals surface area contributed by atoms with Gasteiger partial charge in [-0.15, -0.1) is 0 Å². The molecule has 0 aliphatic carbocycles. The van der Waals surface area contributed by atoms with Crippen molar-refractivity contribution in [2.45, 2.75) is 16.1 Å². The number of sulfone groups is 1. The van der Waals surface area contributed by atoms with Crippen LogP contribution in [0.4, 0.5) is 5.69 Å². The minimum atomic E-state index is -3.82. The number of nitro groups is 1. The summed E-state index contributed by atoms with van der Waals surface area (Å²) in [6, 6.07) is 5.01. The van der Waals surface area contributed by atoms with E-state index in [2.05, 4.69) is 15.9 Å². The second-order valence-corrected chi connectivity index (χ2v) is 9.22. The number of hydrogen-bond acceptors (Lipinski definition) is 5. The monoisotopic (exact) mass is 371 g/mol. The van der Waals surface area contributed by atoms with Crippen LogP contribution in [0.25, 0.3) is 0 Å². The van der Waals surface area contributed by atoms with Crippen molar-refractivity contribution in [3.8, 4) is 0 Å². The summed E-state index contributed by atoms with van der Waals surface area (Å²) in [6.07, 6.45) is -1.64. The van der Waals surface area contributed by atoms with Gasteiger partial charge in [0, 0.05) is 12.1 Å². The Kier molecular flexibility index (Phi) is 4.94. The maximum absolute atomic E-state index is 11.8. The van der Waals surface area contributed by atoms with E-state index in [0.717, 1.165) is 6.07 Å². The Bertz CT molecular complexity index is 589. The molecule has 19 heavy (non-hydrogen) atoms. The molecule has 0 amide bonds. The van der Waals surface area contributed by atoms with Crippen LogP contribution in [-0.2, 0) is 9.84 Å². The third-order valence-corrected chi connectivity index (χ3v) is 7.15. The van der Waals surface area contributed by atoms with Gasteiger partial charge in [-0.3, -0.25) is 10.1 Å². The predicted octanol–water partition coefficient (Wildman–Crippen LogP) is 2.35. The van der Waals surface area contributed by atoms with E-state index >= 15 is 0 Å². The Balaban J connectivity index is 3.24. The van der Waals surface area contributed by atoms with Gasteiger partial charge in [0.05, 0.1) is 10.7 Å². The first-order valence-electron chi connectivity index (χ1n) is 5.16. The van der Waals surface area contributed by atoms with Gasteiger partial charge in [0.15, 0.2) is 9.84 Å². The molecule has 1 N–H and O–H groups in total. The first-order valence-corrected chi connectivity index (χ1v) is 7.98. The molecule has 6 nitrogen and oxygen atoms in total. The number of aliphatic hydroxyl groups excluding tert-OH is 1. The van der Waals surface area contributed by atoms with E-state index in [4.69, 9.17) is 11.6 Å². The molecule has 1 rings (SSSR count). The highest BCUT2D eigenvalue weighted by Crippen LogP contribution is 2.43. The van der Waals surface area contributed by atoms with Crippen LogP contribution in [0.3, 0.4) is 0 Å². The quantitative estimate of drug-likeness (QED) is 0.486. The van der Waals surface area contributed by atoms with Gasteiger partial charge in [-0.1, -0.05) is 30.7 Å². The van der Waals surface area contributed by atoms with E-state index in [1.165, 1.54) is 25.1 Å². The highest BCUT2D eigenvalue weighted by atomic mass is 79.9. The largest absolute Gasteiger partial charge is 0.385 e. The van der Waals surface area contributed by atoms with Gasteiger partial charge in [0.1, 0.15) is 6.10 Å². The number of alkyl halides is 2. The fraction of sp³-hybridized carbons (Fsp3) is 0.400. The van der Waals surface area contributed by atoms with E-state index in [1.807, 2.05) is 0 Å². The standard InChI is InChI=1S/C10H11BrClNO5S/c1-2-19(17,18)10(11,12)9(14)7-4-3-5-8(6-7)13(15)16/h3-6,9,14H,2H2,1H3. The number of non-ortho nitro benzene ring substituents is 1. The van der Waals surface area contributed by atoms with Crippen molar-refractivity contribution in [3.63, 3.8) is 0 Å². The van der Waals surface area contributed by atoms with Crippen molar-refractivity contribution in [2.24, 2.45) is 0 Å². The van der Waals surface area contributed by atoms with Crippen molar-refractivity contribution < 1.29 is 18.4 Å². The lowest BCUT2D eigenvalue weighted by atomic mass is 10.1. The molecule has 0 aliphatic rings. The lowest BCUT2D eigenvalue weighted by Gasteiger charge is -2.25. The zero-order chi connectivity index (χ0) is 14.8. The van der Waals surface area contributed by atoms with Crippen LogP contribution in [0, 0.1) is 10.1 Å². The zero-order valence-corrected chi connectivity index (χ0v) is 12.9. The summed E-state index contributed by atoms with van der Waals surface area (Å²) in [5, 5.41) is 20.7. The molecule has 0 aliphatic heterocycles. The van der Waals surface area contributed by atoms with Crippen LogP contribution >= 0.6 is 27.5 Å². The number of aliphatic hydroxyl groups is 1. The molecule has 0 saturated heterocycles. The lowest BCUT2D eigenvalue weighted by Crippen LogP contribution is -2.34. The summed E-state index contributed by atoms with van der Waals surface area (Å²) < 4.78 is 21.4. The Morgan fingerprint density at radius 1 is 1.58 bits per heavy atom. The highest BCUT2D eigenvalue weighted by molar-refractivity contribution is 9.12. The van der Waals surface area contributed by atoms with E-state index < -0.39 is 24.0 Å². The van der Waals surface area contributed by atoms with E-state index in [9.17, 15) is 23.6 Å². The number of nitro benzene ring substituents is 1. The van der Waals surface area contributed by atoms with Gasteiger partial charge >= 0.3 is 0 Å². The first kappa shape index (κ1) is 16.4. The highest BCUT2D eigenvalue weighted by Gasteiger charge is 2.46. The Morgan fingerprint density at radius 2 is 2.16 bits per heavy atom. The molecule has 1 aromatic rings. The molecule has 0 fully saturated rings. The summed E-state index contributed by atoms with van der Waals surface area (Å²) in [4.78, 5) is 10.00. The molecule has 2 atom stereocenters. The second kappa shape index (κ2) is 5.74. The molecule has 0 aromatic heterocycles. The fourth-order valence-electron chi connectivity index (χ4n) is 1.36. The number of benzene rings is 1. The van der Waals surface area contributed by atoms with Gasteiger partial charge in [-0.25, -0.2) is 8.42 Å². The van der Waals surface area contributed by atoms with Crippen LogP contribution in [0.2, 0.25) is 0 Å². The second-order valence-electron chi connectivity index (χ2n) is 3.72. The maximum Gasteiger partial charge on any atom is 0.269 e. The minimum Gasteiger partial charge on any atom is -0.385 e. The maximum atomic E-state index is 11.8. The molecule has 2 unspecified atom stereocenters. The summed E-state index contributed by atoms with van der Waals surface area (Å²) in [5.41, 5.74) is -0.219. The number of rotatable bonds is 5. The predicted molar refractivity (Wildman–Crippen MR) is 75.0 cm³/mol. The molecule has 1 aromatic carbocycles. The zero-order valence-electron chi connectivity index (χ0n) is 9.79. The Labute approximate surface area is 123 Å². The average molecular weight is 373 g/mol. The molecular weight excluding hydrogens is 362 g/mol. The molecule has 0 radical (unpaired) electrons. The molecule has 106 valence electrons. The van der Waals surface area contributed by atoms with E-state index in [-0.39, 0.29) is 17.0 Å². The van der Waals surface area contributed by atoms with E-state index in [0.29, 0.717) is 0 Å². The Morgan fingerprint density at radius 3 is 2.63 bits per heavy atom. The number of halogens is 2.